The molecule has 0 aromatic carbocycles. The van der Waals surface area contributed by atoms with Gasteiger partial charge in [-0.3, -0.25) is 4.79 Å². The maximum Gasteiger partial charge on any atom is 0.166 e. The van der Waals surface area contributed by atoms with Gasteiger partial charge in [0, 0.05) is 12.7 Å². The van der Waals surface area contributed by atoms with E-state index in [0.29, 0.717) is 0 Å². The van der Waals surface area contributed by atoms with Crippen LogP contribution in [0.25, 0.3) is 0 Å². The summed E-state index contributed by atoms with van der Waals surface area (Å²) in [6.45, 7) is 2.09. The molecule has 12 heavy (non-hydrogen) atoms. The molecular formula is C10H13NO. The third kappa shape index (κ3) is 0.779. The van der Waals surface area contributed by atoms with Crippen LogP contribution < -0.4 is 0 Å². The molecule has 0 spiro atoms. The van der Waals surface area contributed by atoms with Crippen molar-refractivity contribution in [3.8, 4) is 0 Å². The Hall–Kier alpha value is -1.05. The number of nitrogens with zero attached hydrogens (tertiary/aromatic N) is 1. The number of carbonyl (C=O) groups excluding carboxylic acids is 1. The summed E-state index contributed by atoms with van der Waals surface area (Å²) in [5, 5.41) is 0. The van der Waals surface area contributed by atoms with E-state index >= 15 is 0 Å². The molecule has 0 radical (unpaired) electrons. The van der Waals surface area contributed by atoms with E-state index in [-0.39, 0.29) is 0 Å². The predicted octanol–water partition coefficient (Wildman–Crippen LogP) is 1.63. The fourth-order valence-corrected chi connectivity index (χ4v) is 2.16. The average molecular weight is 163 g/mol. The largest absolute Gasteiger partial charge is 0.345 e. The van der Waals surface area contributed by atoms with Crippen LogP contribution in [0.1, 0.15) is 33.7 Å². The van der Waals surface area contributed by atoms with Gasteiger partial charge >= 0.3 is 0 Å². The SMILES string of the molecule is Cc1c2c(c(C=O)n1C)CCC2. The second kappa shape index (κ2) is 2.47. The van der Waals surface area contributed by atoms with E-state index < -0.39 is 0 Å². The van der Waals surface area contributed by atoms with Crippen LogP contribution in [0.3, 0.4) is 0 Å². The number of carbonyl (C=O) groups is 1. The summed E-state index contributed by atoms with van der Waals surface area (Å²) in [4.78, 5) is 10.8. The molecule has 0 saturated heterocycles. The van der Waals surface area contributed by atoms with Crippen LogP contribution in [0.2, 0.25) is 0 Å². The van der Waals surface area contributed by atoms with Crippen molar-refractivity contribution in [2.24, 2.45) is 7.05 Å². The zero-order chi connectivity index (χ0) is 8.72. The maximum absolute atomic E-state index is 10.8. The van der Waals surface area contributed by atoms with Crippen LogP contribution in [-0.4, -0.2) is 10.9 Å². The second-order valence-electron chi connectivity index (χ2n) is 3.46. The molecule has 0 aliphatic heterocycles. The van der Waals surface area contributed by atoms with Gasteiger partial charge in [0.05, 0.1) is 5.69 Å². The third-order valence-electron chi connectivity index (χ3n) is 2.94. The first-order chi connectivity index (χ1) is 5.75. The van der Waals surface area contributed by atoms with E-state index in [1.807, 2.05) is 11.6 Å². The molecule has 0 saturated carbocycles. The minimum Gasteiger partial charge on any atom is -0.345 e. The van der Waals surface area contributed by atoms with Crippen molar-refractivity contribution >= 4 is 6.29 Å². The van der Waals surface area contributed by atoms with E-state index in [0.717, 1.165) is 24.8 Å². The Bertz CT molecular complexity index is 336. The van der Waals surface area contributed by atoms with Gasteiger partial charge in [0.1, 0.15) is 0 Å². The number of aromatic nitrogens is 1. The summed E-state index contributed by atoms with van der Waals surface area (Å²) in [5.41, 5.74) is 4.87. The Balaban J connectivity index is 2.69. The fraction of sp³-hybridized carbons (Fsp3) is 0.500. The van der Waals surface area contributed by atoms with Crippen molar-refractivity contribution in [1.29, 1.82) is 0 Å². The Kier molecular flexibility index (Phi) is 1.56. The molecule has 0 atom stereocenters. The molecule has 0 N–H and O–H groups in total. The van der Waals surface area contributed by atoms with Crippen molar-refractivity contribution in [3.63, 3.8) is 0 Å². The first-order valence-electron chi connectivity index (χ1n) is 4.38. The summed E-state index contributed by atoms with van der Waals surface area (Å²) in [5.74, 6) is 0. The highest BCUT2D eigenvalue weighted by Crippen LogP contribution is 2.29. The standard InChI is InChI=1S/C10H13NO/c1-7-8-4-3-5-9(8)10(6-12)11(7)2/h6H,3-5H2,1-2H3. The molecule has 2 rings (SSSR count). The maximum atomic E-state index is 10.8. The molecule has 0 unspecified atom stereocenters. The van der Waals surface area contributed by atoms with Gasteiger partial charge in [-0.15, -0.1) is 0 Å². The monoisotopic (exact) mass is 163 g/mol. The fourth-order valence-electron chi connectivity index (χ4n) is 2.16. The van der Waals surface area contributed by atoms with Gasteiger partial charge in [-0.1, -0.05) is 0 Å². The normalized spacial score (nSPS) is 14.8. The van der Waals surface area contributed by atoms with Crippen molar-refractivity contribution in [1.82, 2.24) is 4.57 Å². The third-order valence-corrected chi connectivity index (χ3v) is 2.94. The quantitative estimate of drug-likeness (QED) is 0.577. The van der Waals surface area contributed by atoms with Gasteiger partial charge in [0.2, 0.25) is 0 Å². The van der Waals surface area contributed by atoms with Crippen LogP contribution in [0.5, 0.6) is 0 Å². The molecule has 0 bridgehead atoms. The van der Waals surface area contributed by atoms with E-state index in [9.17, 15) is 4.79 Å². The number of fused-ring (bicyclic) bond motifs is 1. The molecule has 1 aromatic rings. The van der Waals surface area contributed by atoms with E-state index in [2.05, 4.69) is 6.92 Å². The smallest absolute Gasteiger partial charge is 0.166 e. The summed E-state index contributed by atoms with van der Waals surface area (Å²) < 4.78 is 2.01. The molecule has 0 fully saturated rings. The Morgan fingerprint density at radius 2 is 2.00 bits per heavy atom. The van der Waals surface area contributed by atoms with Gasteiger partial charge in [-0.2, -0.15) is 0 Å². The molecule has 2 nitrogen and oxygen atoms in total. The predicted molar refractivity (Wildman–Crippen MR) is 47.6 cm³/mol. The minimum atomic E-state index is 0.889. The van der Waals surface area contributed by atoms with Gasteiger partial charge in [0.25, 0.3) is 0 Å². The van der Waals surface area contributed by atoms with Crippen molar-refractivity contribution < 1.29 is 4.79 Å². The van der Waals surface area contributed by atoms with Gasteiger partial charge in [0.15, 0.2) is 6.29 Å². The number of hydrogen-bond acceptors (Lipinski definition) is 1. The highest BCUT2D eigenvalue weighted by atomic mass is 16.1. The van der Waals surface area contributed by atoms with Gasteiger partial charge in [-0.25, -0.2) is 0 Å². The van der Waals surface area contributed by atoms with Crippen LogP contribution in [0.4, 0.5) is 0 Å². The average Bonchev–Trinajstić information content (AvgIpc) is 2.59. The lowest BCUT2D eigenvalue weighted by Gasteiger charge is -2.00. The molecule has 0 amide bonds. The molecule has 1 aromatic heterocycles. The minimum absolute atomic E-state index is 0.889. The molecule has 1 aliphatic carbocycles. The number of hydrogen-bond donors (Lipinski definition) is 0. The van der Waals surface area contributed by atoms with Gasteiger partial charge in [-0.05, 0) is 37.3 Å². The van der Waals surface area contributed by atoms with Crippen LogP contribution in [0, 0.1) is 6.92 Å². The lowest BCUT2D eigenvalue weighted by molar-refractivity contribution is 0.111. The van der Waals surface area contributed by atoms with Crippen molar-refractivity contribution in [2.75, 3.05) is 0 Å². The van der Waals surface area contributed by atoms with E-state index in [1.54, 1.807) is 0 Å². The molecule has 2 heteroatoms. The van der Waals surface area contributed by atoms with Crippen LogP contribution in [0.15, 0.2) is 0 Å². The van der Waals surface area contributed by atoms with Gasteiger partial charge < -0.3 is 4.57 Å². The Morgan fingerprint density at radius 3 is 2.67 bits per heavy atom. The van der Waals surface area contributed by atoms with E-state index in [4.69, 9.17) is 0 Å². The lowest BCUT2D eigenvalue weighted by Crippen LogP contribution is -1.99. The summed E-state index contributed by atoms with van der Waals surface area (Å²) >= 11 is 0. The molecule has 1 heterocycles. The summed E-state index contributed by atoms with van der Waals surface area (Å²) in [6, 6.07) is 0. The first-order valence-corrected chi connectivity index (χ1v) is 4.38. The van der Waals surface area contributed by atoms with Crippen LogP contribution in [-0.2, 0) is 19.9 Å². The first kappa shape index (κ1) is 7.59. The highest BCUT2D eigenvalue weighted by Gasteiger charge is 2.21. The number of rotatable bonds is 1. The highest BCUT2D eigenvalue weighted by molar-refractivity contribution is 5.77. The Morgan fingerprint density at radius 1 is 1.33 bits per heavy atom. The molecule has 64 valence electrons. The van der Waals surface area contributed by atoms with E-state index in [1.165, 1.54) is 23.2 Å². The van der Waals surface area contributed by atoms with Crippen molar-refractivity contribution in [3.05, 3.63) is 22.5 Å². The molecular weight excluding hydrogens is 150 g/mol. The Labute approximate surface area is 72.2 Å². The molecule has 1 aliphatic rings. The number of aldehydes is 1. The summed E-state index contributed by atoms with van der Waals surface area (Å²) in [7, 11) is 1.97. The van der Waals surface area contributed by atoms with Crippen LogP contribution >= 0.6 is 0 Å². The topological polar surface area (TPSA) is 22.0 Å². The lowest BCUT2D eigenvalue weighted by atomic mass is 10.2. The summed E-state index contributed by atoms with van der Waals surface area (Å²) in [6.07, 6.45) is 4.44. The van der Waals surface area contributed by atoms with Crippen molar-refractivity contribution in [2.45, 2.75) is 26.2 Å². The zero-order valence-corrected chi connectivity index (χ0v) is 7.55. The zero-order valence-electron chi connectivity index (χ0n) is 7.55. The second-order valence-corrected chi connectivity index (χ2v) is 3.46.